The van der Waals surface area contributed by atoms with Crippen LogP contribution in [0.25, 0.3) is 10.2 Å². The Labute approximate surface area is 138 Å². The molecule has 1 fully saturated rings. The van der Waals surface area contributed by atoms with E-state index in [1.54, 1.807) is 10.9 Å². The van der Waals surface area contributed by atoms with E-state index in [-0.39, 0.29) is 17.4 Å². The number of hydrogen-bond acceptors (Lipinski definition) is 5. The molecule has 2 aromatic rings. The Hall–Kier alpha value is -1.73. The van der Waals surface area contributed by atoms with Crippen LogP contribution in [0.4, 0.5) is 0 Å². The van der Waals surface area contributed by atoms with Crippen LogP contribution in [0.1, 0.15) is 24.8 Å². The molecule has 0 bridgehead atoms. The zero-order valence-electron chi connectivity index (χ0n) is 13.3. The smallest absolute Gasteiger partial charge is 0.271 e. The van der Waals surface area contributed by atoms with Gasteiger partial charge < -0.3 is 10.6 Å². The second-order valence-electron chi connectivity index (χ2n) is 6.24. The maximum Gasteiger partial charge on any atom is 0.271 e. The van der Waals surface area contributed by atoms with Crippen LogP contribution in [-0.2, 0) is 11.3 Å². The molecule has 0 saturated carbocycles. The first-order valence-electron chi connectivity index (χ1n) is 8.01. The number of rotatable bonds is 5. The van der Waals surface area contributed by atoms with Crippen molar-refractivity contribution in [2.75, 3.05) is 19.6 Å². The lowest BCUT2D eigenvalue weighted by Crippen LogP contribution is -2.41. The Balaban J connectivity index is 1.60. The van der Waals surface area contributed by atoms with Gasteiger partial charge in [0.05, 0.1) is 17.8 Å². The molecule has 1 aliphatic heterocycles. The summed E-state index contributed by atoms with van der Waals surface area (Å²) >= 11 is 1.46. The van der Waals surface area contributed by atoms with Crippen molar-refractivity contribution in [3.05, 3.63) is 27.6 Å². The highest BCUT2D eigenvalue weighted by Crippen LogP contribution is 2.19. The molecule has 1 atom stereocenters. The van der Waals surface area contributed by atoms with E-state index >= 15 is 0 Å². The third kappa shape index (κ3) is 3.45. The molecule has 1 saturated heterocycles. The molecular weight excluding hydrogens is 312 g/mol. The molecule has 0 radical (unpaired) electrons. The van der Waals surface area contributed by atoms with Gasteiger partial charge in [-0.1, -0.05) is 0 Å². The average Bonchev–Trinajstić information content (AvgIpc) is 2.92. The number of aromatic nitrogens is 2. The number of piperidine rings is 1. The number of likely N-dealkylation sites (tertiary alicyclic amines) is 1. The molecule has 7 heteroatoms. The van der Waals surface area contributed by atoms with E-state index in [2.05, 4.69) is 9.88 Å². The van der Waals surface area contributed by atoms with Gasteiger partial charge in [0.1, 0.15) is 4.70 Å². The van der Waals surface area contributed by atoms with Gasteiger partial charge in [-0.05, 0) is 50.2 Å². The van der Waals surface area contributed by atoms with Crippen LogP contribution in [0.15, 0.2) is 16.5 Å². The molecule has 2 N–H and O–H groups in total. The number of aryl methyl sites for hydroxylation is 2. The first-order chi connectivity index (χ1) is 11.1. The Morgan fingerprint density at radius 3 is 3.09 bits per heavy atom. The number of hydrogen-bond donors (Lipinski definition) is 1. The number of amides is 1. The van der Waals surface area contributed by atoms with Gasteiger partial charge in [-0.2, -0.15) is 0 Å². The third-order valence-electron chi connectivity index (χ3n) is 4.50. The summed E-state index contributed by atoms with van der Waals surface area (Å²) in [5, 5.41) is 1.97. The second-order valence-corrected chi connectivity index (χ2v) is 7.11. The van der Waals surface area contributed by atoms with Crippen LogP contribution in [0.5, 0.6) is 0 Å². The Bertz CT molecular complexity index is 767. The van der Waals surface area contributed by atoms with Crippen LogP contribution >= 0.6 is 11.3 Å². The van der Waals surface area contributed by atoms with Crippen molar-refractivity contribution in [1.82, 2.24) is 14.5 Å². The van der Waals surface area contributed by atoms with Gasteiger partial charge in [-0.15, -0.1) is 11.3 Å². The van der Waals surface area contributed by atoms with Crippen LogP contribution in [0, 0.1) is 12.8 Å². The number of carbonyl (C=O) groups excluding carboxylic acids is 1. The van der Waals surface area contributed by atoms with Crippen molar-refractivity contribution < 1.29 is 4.79 Å². The normalized spacial score (nSPS) is 19.3. The average molecular weight is 334 g/mol. The van der Waals surface area contributed by atoms with Gasteiger partial charge in [-0.25, -0.2) is 4.98 Å². The number of primary amides is 1. The van der Waals surface area contributed by atoms with Gasteiger partial charge in [-0.3, -0.25) is 14.2 Å². The minimum atomic E-state index is -0.200. The third-order valence-corrected chi connectivity index (χ3v) is 5.58. The predicted octanol–water partition coefficient (Wildman–Crippen LogP) is 1.35. The minimum Gasteiger partial charge on any atom is -0.369 e. The minimum absolute atomic E-state index is 0.0291. The molecule has 0 aromatic carbocycles. The first-order valence-corrected chi connectivity index (χ1v) is 8.89. The van der Waals surface area contributed by atoms with E-state index in [9.17, 15) is 9.59 Å². The van der Waals surface area contributed by atoms with Crippen LogP contribution in [-0.4, -0.2) is 40.0 Å². The van der Waals surface area contributed by atoms with Crippen molar-refractivity contribution in [1.29, 1.82) is 0 Å². The zero-order valence-corrected chi connectivity index (χ0v) is 14.1. The zero-order chi connectivity index (χ0) is 16.4. The Morgan fingerprint density at radius 1 is 1.48 bits per heavy atom. The van der Waals surface area contributed by atoms with Gasteiger partial charge in [0, 0.05) is 13.1 Å². The van der Waals surface area contributed by atoms with E-state index < -0.39 is 0 Å². The Kier molecular flexibility index (Phi) is 4.77. The first kappa shape index (κ1) is 16.1. The van der Waals surface area contributed by atoms with Crippen molar-refractivity contribution in [2.45, 2.75) is 32.7 Å². The molecule has 0 unspecified atom stereocenters. The maximum atomic E-state index is 12.4. The van der Waals surface area contributed by atoms with Crippen LogP contribution in [0.2, 0.25) is 0 Å². The van der Waals surface area contributed by atoms with Gasteiger partial charge in [0.15, 0.2) is 0 Å². The van der Waals surface area contributed by atoms with Gasteiger partial charge in [0.2, 0.25) is 5.91 Å². The number of carbonyl (C=O) groups is 1. The summed E-state index contributed by atoms with van der Waals surface area (Å²) in [6.07, 6.45) is 4.41. The van der Waals surface area contributed by atoms with Crippen LogP contribution < -0.4 is 11.3 Å². The summed E-state index contributed by atoms with van der Waals surface area (Å²) in [6.45, 7) is 5.24. The molecule has 124 valence electrons. The van der Waals surface area contributed by atoms with E-state index in [4.69, 9.17) is 5.73 Å². The van der Waals surface area contributed by atoms with Crippen molar-refractivity contribution in [2.24, 2.45) is 11.7 Å². The molecule has 23 heavy (non-hydrogen) atoms. The predicted molar refractivity (Wildman–Crippen MR) is 91.6 cm³/mol. The number of nitrogens with two attached hydrogens (primary N) is 1. The molecular formula is C16H22N4O2S. The molecule has 3 heterocycles. The molecule has 2 aromatic heterocycles. The lowest BCUT2D eigenvalue weighted by molar-refractivity contribution is -0.123. The van der Waals surface area contributed by atoms with E-state index in [0.29, 0.717) is 6.54 Å². The second kappa shape index (κ2) is 6.80. The largest absolute Gasteiger partial charge is 0.369 e. The topological polar surface area (TPSA) is 81.2 Å². The number of thiophene rings is 1. The van der Waals surface area contributed by atoms with Crippen molar-refractivity contribution in [3.63, 3.8) is 0 Å². The molecule has 0 spiro atoms. The molecule has 6 nitrogen and oxygen atoms in total. The number of nitrogens with zero attached hydrogens (tertiary/aromatic N) is 3. The highest BCUT2D eigenvalue weighted by atomic mass is 32.1. The van der Waals surface area contributed by atoms with Crippen molar-refractivity contribution in [3.8, 4) is 0 Å². The summed E-state index contributed by atoms with van der Waals surface area (Å²) in [5.74, 6) is -0.229. The maximum absolute atomic E-state index is 12.4. The fourth-order valence-electron chi connectivity index (χ4n) is 3.18. The van der Waals surface area contributed by atoms with Crippen LogP contribution in [0.3, 0.4) is 0 Å². The highest BCUT2D eigenvalue weighted by molar-refractivity contribution is 7.17. The van der Waals surface area contributed by atoms with Crippen molar-refractivity contribution >= 4 is 27.5 Å². The lowest BCUT2D eigenvalue weighted by atomic mass is 9.97. The monoisotopic (exact) mass is 334 g/mol. The molecule has 0 aliphatic carbocycles. The van der Waals surface area contributed by atoms with E-state index in [1.807, 2.05) is 12.3 Å². The molecule has 1 amide bonds. The van der Waals surface area contributed by atoms with Gasteiger partial charge >= 0.3 is 0 Å². The quantitative estimate of drug-likeness (QED) is 0.895. The van der Waals surface area contributed by atoms with E-state index in [0.717, 1.165) is 54.7 Å². The SMILES string of the molecule is Cc1csc2c(=O)n(CCCN3CCC[C@@H](C(N)=O)C3)cnc12. The summed E-state index contributed by atoms with van der Waals surface area (Å²) in [5.41, 5.74) is 7.32. The standard InChI is InChI=1S/C16H22N4O2S/c1-11-9-23-14-13(11)18-10-20(16(14)22)7-3-6-19-5-2-4-12(8-19)15(17)21/h9-10,12H,2-8H2,1H3,(H2,17,21)/t12-/m1/s1. The number of fused-ring (bicyclic) bond motifs is 1. The Morgan fingerprint density at radius 2 is 2.30 bits per heavy atom. The fraction of sp³-hybridized carbons (Fsp3) is 0.562. The summed E-state index contributed by atoms with van der Waals surface area (Å²) in [6, 6.07) is 0. The highest BCUT2D eigenvalue weighted by Gasteiger charge is 2.23. The summed E-state index contributed by atoms with van der Waals surface area (Å²) in [7, 11) is 0. The summed E-state index contributed by atoms with van der Waals surface area (Å²) < 4.78 is 2.42. The lowest BCUT2D eigenvalue weighted by Gasteiger charge is -2.31. The summed E-state index contributed by atoms with van der Waals surface area (Å²) in [4.78, 5) is 30.4. The molecule has 3 rings (SSSR count). The van der Waals surface area contributed by atoms with E-state index in [1.165, 1.54) is 11.3 Å². The fourth-order valence-corrected chi connectivity index (χ4v) is 4.12. The van der Waals surface area contributed by atoms with Gasteiger partial charge in [0.25, 0.3) is 5.56 Å². The molecule has 1 aliphatic rings.